The molecule has 0 aromatic heterocycles. The number of unbranched alkanes of at least 4 members (excludes halogenated alkanes) is 5. The van der Waals surface area contributed by atoms with E-state index in [2.05, 4.69) is 6.92 Å². The van der Waals surface area contributed by atoms with Gasteiger partial charge in [-0.25, -0.2) is 0 Å². The van der Waals surface area contributed by atoms with Crippen LogP contribution in [0.4, 0.5) is 0 Å². The monoisotopic (exact) mass is 241 g/mol. The third kappa shape index (κ3) is 5.87. The van der Waals surface area contributed by atoms with E-state index >= 15 is 0 Å². The summed E-state index contributed by atoms with van der Waals surface area (Å²) in [6.07, 6.45) is 13.0. The van der Waals surface area contributed by atoms with Gasteiger partial charge in [0.25, 0.3) is 0 Å². The maximum Gasteiger partial charge on any atom is 0.0499 e. The molecule has 1 aliphatic rings. The smallest absolute Gasteiger partial charge is 0.0499 e. The van der Waals surface area contributed by atoms with Crippen molar-refractivity contribution >= 4 is 0 Å². The number of nitrogens with two attached hydrogens (primary N) is 1. The maximum absolute atomic E-state index is 9.61. The molecule has 0 saturated heterocycles. The highest BCUT2D eigenvalue weighted by Crippen LogP contribution is 2.42. The van der Waals surface area contributed by atoms with E-state index < -0.39 is 0 Å². The fraction of sp³-hybridized carbons (Fsp3) is 1.00. The fourth-order valence-electron chi connectivity index (χ4n) is 2.71. The second-order valence-corrected chi connectivity index (χ2v) is 6.03. The number of hydrogen-bond acceptors (Lipinski definition) is 2. The molecule has 0 amide bonds. The van der Waals surface area contributed by atoms with Gasteiger partial charge in [0.1, 0.15) is 0 Å². The first-order chi connectivity index (χ1) is 8.26. The Labute approximate surface area is 107 Å². The molecule has 17 heavy (non-hydrogen) atoms. The Balaban J connectivity index is 2.14. The van der Waals surface area contributed by atoms with Crippen molar-refractivity contribution < 1.29 is 5.11 Å². The van der Waals surface area contributed by atoms with Gasteiger partial charge in [-0.05, 0) is 18.8 Å². The SMILES string of the molecule is CCCCCCCCC(CN)(CO)CC1CC1. The molecule has 0 aromatic rings. The summed E-state index contributed by atoms with van der Waals surface area (Å²) < 4.78 is 0. The van der Waals surface area contributed by atoms with Crippen LogP contribution in [0.1, 0.15) is 71.1 Å². The third-order valence-corrected chi connectivity index (χ3v) is 4.25. The molecule has 0 radical (unpaired) electrons. The minimum Gasteiger partial charge on any atom is -0.396 e. The lowest BCUT2D eigenvalue weighted by molar-refractivity contribution is 0.103. The van der Waals surface area contributed by atoms with Crippen molar-refractivity contribution in [1.82, 2.24) is 0 Å². The highest BCUT2D eigenvalue weighted by atomic mass is 16.3. The van der Waals surface area contributed by atoms with Gasteiger partial charge in [-0.3, -0.25) is 0 Å². The Kier molecular flexibility index (Phi) is 7.14. The van der Waals surface area contributed by atoms with Crippen LogP contribution < -0.4 is 5.73 Å². The summed E-state index contributed by atoms with van der Waals surface area (Å²) >= 11 is 0. The zero-order chi connectivity index (χ0) is 12.6. The highest BCUT2D eigenvalue weighted by Gasteiger charge is 2.35. The lowest BCUT2D eigenvalue weighted by Crippen LogP contribution is -2.34. The minimum atomic E-state index is 0.0475. The lowest BCUT2D eigenvalue weighted by atomic mass is 9.78. The van der Waals surface area contributed by atoms with Crippen LogP contribution in [-0.2, 0) is 0 Å². The average molecular weight is 241 g/mol. The van der Waals surface area contributed by atoms with Crippen molar-refractivity contribution in [3.8, 4) is 0 Å². The van der Waals surface area contributed by atoms with Gasteiger partial charge in [-0.15, -0.1) is 0 Å². The quantitative estimate of drug-likeness (QED) is 0.544. The van der Waals surface area contributed by atoms with E-state index in [9.17, 15) is 5.11 Å². The number of aliphatic hydroxyl groups excluding tert-OH is 1. The standard InChI is InChI=1S/C15H31NO/c1-2-3-4-5-6-7-10-15(12-16,13-17)11-14-8-9-14/h14,17H,2-13,16H2,1H3. The Morgan fingerprint density at radius 2 is 1.76 bits per heavy atom. The first-order valence-corrected chi connectivity index (χ1v) is 7.57. The molecule has 1 atom stereocenters. The molecule has 0 aromatic carbocycles. The Morgan fingerprint density at radius 3 is 2.29 bits per heavy atom. The van der Waals surface area contributed by atoms with Gasteiger partial charge in [0.2, 0.25) is 0 Å². The molecule has 2 nitrogen and oxygen atoms in total. The van der Waals surface area contributed by atoms with Crippen LogP contribution in [-0.4, -0.2) is 18.3 Å². The van der Waals surface area contributed by atoms with E-state index in [-0.39, 0.29) is 12.0 Å². The highest BCUT2D eigenvalue weighted by molar-refractivity contribution is 4.87. The van der Waals surface area contributed by atoms with E-state index in [0.717, 1.165) is 18.8 Å². The lowest BCUT2D eigenvalue weighted by Gasteiger charge is -2.30. The Bertz CT molecular complexity index is 185. The number of rotatable bonds is 11. The molecule has 3 N–H and O–H groups in total. The van der Waals surface area contributed by atoms with Gasteiger partial charge in [-0.2, -0.15) is 0 Å². The van der Waals surface area contributed by atoms with Gasteiger partial charge >= 0.3 is 0 Å². The molecule has 1 unspecified atom stereocenters. The van der Waals surface area contributed by atoms with E-state index in [1.807, 2.05) is 0 Å². The average Bonchev–Trinajstić information content (AvgIpc) is 3.16. The molecular weight excluding hydrogens is 210 g/mol. The Morgan fingerprint density at radius 1 is 1.12 bits per heavy atom. The maximum atomic E-state index is 9.61. The largest absolute Gasteiger partial charge is 0.396 e. The summed E-state index contributed by atoms with van der Waals surface area (Å²) in [6, 6.07) is 0. The van der Waals surface area contributed by atoms with Crippen LogP contribution in [0.3, 0.4) is 0 Å². The van der Waals surface area contributed by atoms with Gasteiger partial charge in [0, 0.05) is 18.6 Å². The van der Waals surface area contributed by atoms with Crippen molar-refractivity contribution in [1.29, 1.82) is 0 Å². The van der Waals surface area contributed by atoms with Crippen molar-refractivity contribution in [2.45, 2.75) is 71.1 Å². The number of aliphatic hydroxyl groups is 1. The predicted octanol–water partition coefficient (Wildman–Crippen LogP) is 3.47. The van der Waals surface area contributed by atoms with Crippen molar-refractivity contribution in [3.63, 3.8) is 0 Å². The van der Waals surface area contributed by atoms with E-state index in [0.29, 0.717) is 6.54 Å². The molecule has 0 aliphatic heterocycles. The topological polar surface area (TPSA) is 46.2 Å². The van der Waals surface area contributed by atoms with Crippen molar-refractivity contribution in [3.05, 3.63) is 0 Å². The third-order valence-electron chi connectivity index (χ3n) is 4.25. The molecule has 0 heterocycles. The van der Waals surface area contributed by atoms with Crippen LogP contribution in [0.2, 0.25) is 0 Å². The van der Waals surface area contributed by atoms with Crippen molar-refractivity contribution in [2.24, 2.45) is 17.1 Å². The van der Waals surface area contributed by atoms with Gasteiger partial charge in [0.05, 0.1) is 0 Å². The van der Waals surface area contributed by atoms with Gasteiger partial charge < -0.3 is 10.8 Å². The zero-order valence-electron chi connectivity index (χ0n) is 11.6. The second kappa shape index (κ2) is 8.10. The van der Waals surface area contributed by atoms with E-state index in [4.69, 9.17) is 5.73 Å². The molecular formula is C15H31NO. The fourth-order valence-corrected chi connectivity index (χ4v) is 2.71. The predicted molar refractivity (Wildman–Crippen MR) is 73.9 cm³/mol. The van der Waals surface area contributed by atoms with Crippen LogP contribution in [0.15, 0.2) is 0 Å². The molecule has 1 rings (SSSR count). The minimum absolute atomic E-state index is 0.0475. The summed E-state index contributed by atoms with van der Waals surface area (Å²) in [6.45, 7) is 3.20. The first-order valence-electron chi connectivity index (χ1n) is 7.57. The Hall–Kier alpha value is -0.0800. The molecule has 102 valence electrons. The van der Waals surface area contributed by atoms with Gasteiger partial charge in [0.15, 0.2) is 0 Å². The van der Waals surface area contributed by atoms with Crippen LogP contribution in [0, 0.1) is 11.3 Å². The summed E-state index contributed by atoms with van der Waals surface area (Å²) in [5.74, 6) is 0.866. The van der Waals surface area contributed by atoms with Gasteiger partial charge in [-0.1, -0.05) is 58.3 Å². The summed E-state index contributed by atoms with van der Waals surface area (Å²) in [4.78, 5) is 0. The molecule has 0 bridgehead atoms. The van der Waals surface area contributed by atoms with Crippen LogP contribution >= 0.6 is 0 Å². The molecule has 2 heteroatoms. The number of hydrogen-bond donors (Lipinski definition) is 2. The molecule has 0 spiro atoms. The van der Waals surface area contributed by atoms with Crippen LogP contribution in [0.5, 0.6) is 0 Å². The molecule has 1 fully saturated rings. The zero-order valence-corrected chi connectivity index (χ0v) is 11.6. The summed E-state index contributed by atoms with van der Waals surface area (Å²) in [5, 5.41) is 9.61. The summed E-state index contributed by atoms with van der Waals surface area (Å²) in [5.41, 5.74) is 5.94. The summed E-state index contributed by atoms with van der Waals surface area (Å²) in [7, 11) is 0. The van der Waals surface area contributed by atoms with E-state index in [1.165, 1.54) is 51.4 Å². The van der Waals surface area contributed by atoms with E-state index in [1.54, 1.807) is 0 Å². The molecule has 1 saturated carbocycles. The van der Waals surface area contributed by atoms with Crippen molar-refractivity contribution in [2.75, 3.05) is 13.2 Å². The second-order valence-electron chi connectivity index (χ2n) is 6.03. The normalized spacial score (nSPS) is 19.2. The molecule has 1 aliphatic carbocycles. The first kappa shape index (κ1) is 15.0. The van der Waals surface area contributed by atoms with Crippen LogP contribution in [0.25, 0.3) is 0 Å².